The third kappa shape index (κ3) is 4.44. The summed E-state index contributed by atoms with van der Waals surface area (Å²) in [7, 11) is 0. The Hall–Kier alpha value is -2.83. The van der Waals surface area contributed by atoms with Crippen molar-refractivity contribution >= 4 is 12.0 Å². The van der Waals surface area contributed by atoms with Crippen LogP contribution in [0.4, 0.5) is 4.79 Å². The Bertz CT molecular complexity index is 822. The molecule has 1 aliphatic carbocycles. The van der Waals surface area contributed by atoms with Crippen LogP contribution in [0, 0.1) is 0 Å². The summed E-state index contributed by atoms with van der Waals surface area (Å²) >= 11 is 0. The first kappa shape index (κ1) is 19.5. The Labute approximate surface area is 170 Å². The predicted molar refractivity (Wildman–Crippen MR) is 107 cm³/mol. The van der Waals surface area contributed by atoms with Crippen LogP contribution < -0.4 is 0 Å². The maximum atomic E-state index is 13.3. The second kappa shape index (κ2) is 8.68. The Morgan fingerprint density at radius 1 is 1.14 bits per heavy atom. The zero-order valence-corrected chi connectivity index (χ0v) is 16.8. The van der Waals surface area contributed by atoms with Crippen molar-refractivity contribution in [1.82, 2.24) is 14.8 Å². The number of aromatic nitrogens is 1. The van der Waals surface area contributed by atoms with Gasteiger partial charge in [-0.05, 0) is 44.2 Å². The standard InChI is InChI=1S/C22H27N3O4/c1-2-13-28-22(27)24-11-9-19(10-12-24)25(18-7-8-18)21(26)17-5-3-16(4-6-17)20-14-23-15-29-20/h3-6,14-15,18-19H,2,7-13H2,1H3. The molecule has 7 nitrogen and oxygen atoms in total. The van der Waals surface area contributed by atoms with Crippen LogP contribution in [-0.4, -0.2) is 58.6 Å². The molecule has 2 aromatic rings. The summed E-state index contributed by atoms with van der Waals surface area (Å²) in [6, 6.07) is 7.98. The summed E-state index contributed by atoms with van der Waals surface area (Å²) in [6.45, 7) is 3.70. The third-order valence-electron chi connectivity index (χ3n) is 5.57. The second-order valence-electron chi connectivity index (χ2n) is 7.72. The number of rotatable bonds is 6. The first-order valence-corrected chi connectivity index (χ1v) is 10.4. The molecule has 2 amide bonds. The van der Waals surface area contributed by atoms with Crippen LogP contribution in [0.15, 0.2) is 41.3 Å². The number of carbonyl (C=O) groups excluding carboxylic acids is 2. The molecule has 1 saturated carbocycles. The molecule has 0 unspecified atom stereocenters. The lowest BCUT2D eigenvalue weighted by molar-refractivity contribution is 0.0510. The van der Waals surface area contributed by atoms with Crippen LogP contribution in [0.5, 0.6) is 0 Å². The average Bonchev–Trinajstić information content (AvgIpc) is 3.44. The molecule has 1 saturated heterocycles. The van der Waals surface area contributed by atoms with E-state index in [4.69, 9.17) is 9.15 Å². The normalized spacial score (nSPS) is 17.2. The maximum absolute atomic E-state index is 13.3. The number of carbonyl (C=O) groups is 2. The summed E-state index contributed by atoms with van der Waals surface area (Å²) in [5.41, 5.74) is 1.58. The van der Waals surface area contributed by atoms with Crippen molar-refractivity contribution in [2.75, 3.05) is 19.7 Å². The number of benzene rings is 1. The molecule has 2 aliphatic rings. The van der Waals surface area contributed by atoms with E-state index in [2.05, 4.69) is 9.88 Å². The van der Waals surface area contributed by atoms with Gasteiger partial charge in [-0.3, -0.25) is 4.79 Å². The van der Waals surface area contributed by atoms with Gasteiger partial charge >= 0.3 is 6.09 Å². The third-order valence-corrected chi connectivity index (χ3v) is 5.57. The average molecular weight is 397 g/mol. The van der Waals surface area contributed by atoms with Crippen LogP contribution in [0.3, 0.4) is 0 Å². The Morgan fingerprint density at radius 2 is 1.83 bits per heavy atom. The van der Waals surface area contributed by atoms with Crippen LogP contribution in [0.2, 0.25) is 0 Å². The summed E-state index contributed by atoms with van der Waals surface area (Å²) in [5, 5.41) is 0. The molecule has 1 aromatic carbocycles. The molecule has 4 rings (SSSR count). The van der Waals surface area contributed by atoms with E-state index in [0.29, 0.717) is 37.1 Å². The van der Waals surface area contributed by atoms with Crippen molar-refractivity contribution in [3.63, 3.8) is 0 Å². The van der Waals surface area contributed by atoms with Crippen molar-refractivity contribution in [1.29, 1.82) is 0 Å². The van der Waals surface area contributed by atoms with Crippen molar-refractivity contribution in [2.24, 2.45) is 0 Å². The number of amides is 2. The minimum atomic E-state index is -0.238. The number of ether oxygens (including phenoxy) is 1. The highest BCUT2D eigenvalue weighted by Gasteiger charge is 2.39. The summed E-state index contributed by atoms with van der Waals surface area (Å²) in [6.07, 6.45) is 7.33. The number of nitrogens with zero attached hydrogens (tertiary/aromatic N) is 3. The molecule has 0 bridgehead atoms. The quantitative estimate of drug-likeness (QED) is 0.737. The zero-order valence-electron chi connectivity index (χ0n) is 16.8. The van der Waals surface area contributed by atoms with Crippen molar-refractivity contribution in [2.45, 2.75) is 51.1 Å². The Morgan fingerprint density at radius 3 is 2.41 bits per heavy atom. The molecule has 0 radical (unpaired) electrons. The predicted octanol–water partition coefficient (Wildman–Crippen LogP) is 3.96. The van der Waals surface area contributed by atoms with Gasteiger partial charge in [0.1, 0.15) is 0 Å². The van der Waals surface area contributed by atoms with Gasteiger partial charge in [-0.15, -0.1) is 0 Å². The molecule has 29 heavy (non-hydrogen) atoms. The zero-order chi connectivity index (χ0) is 20.2. The lowest BCUT2D eigenvalue weighted by atomic mass is 10.0. The van der Waals surface area contributed by atoms with Gasteiger partial charge in [-0.25, -0.2) is 9.78 Å². The summed E-state index contributed by atoms with van der Waals surface area (Å²) in [5.74, 6) is 0.758. The SMILES string of the molecule is CCCOC(=O)N1CCC(N(C(=O)c2ccc(-c3cnco3)cc2)C2CC2)CC1. The minimum absolute atomic E-state index is 0.0728. The molecule has 2 fully saturated rings. The second-order valence-corrected chi connectivity index (χ2v) is 7.72. The fourth-order valence-electron chi connectivity index (χ4n) is 3.87. The lowest BCUT2D eigenvalue weighted by Crippen LogP contribution is -2.49. The Balaban J connectivity index is 1.40. The molecule has 2 heterocycles. The number of hydrogen-bond donors (Lipinski definition) is 0. The molecule has 0 spiro atoms. The highest BCUT2D eigenvalue weighted by atomic mass is 16.6. The number of oxazole rings is 1. The first-order valence-electron chi connectivity index (χ1n) is 10.4. The summed E-state index contributed by atoms with van der Waals surface area (Å²) in [4.78, 5) is 33.1. The van der Waals surface area contributed by atoms with Gasteiger partial charge in [-0.2, -0.15) is 0 Å². The molecule has 0 N–H and O–H groups in total. The van der Waals surface area contributed by atoms with Gasteiger partial charge in [0, 0.05) is 36.3 Å². The smallest absolute Gasteiger partial charge is 0.409 e. The largest absolute Gasteiger partial charge is 0.449 e. The number of likely N-dealkylation sites (tertiary alicyclic amines) is 1. The van der Waals surface area contributed by atoms with Gasteiger partial charge in [0.15, 0.2) is 12.2 Å². The van der Waals surface area contributed by atoms with E-state index in [0.717, 1.165) is 37.7 Å². The van der Waals surface area contributed by atoms with Crippen LogP contribution in [0.1, 0.15) is 49.4 Å². The van der Waals surface area contributed by atoms with Crippen molar-refractivity contribution in [3.8, 4) is 11.3 Å². The highest BCUT2D eigenvalue weighted by molar-refractivity contribution is 5.95. The van der Waals surface area contributed by atoms with Crippen molar-refractivity contribution < 1.29 is 18.7 Å². The summed E-state index contributed by atoms with van der Waals surface area (Å²) < 4.78 is 10.6. The molecule has 154 valence electrons. The van der Waals surface area contributed by atoms with Crippen molar-refractivity contribution in [3.05, 3.63) is 42.4 Å². The van der Waals surface area contributed by atoms with E-state index in [-0.39, 0.29) is 18.0 Å². The molecule has 0 atom stereocenters. The molecule has 7 heteroatoms. The molecular formula is C22H27N3O4. The first-order chi connectivity index (χ1) is 14.2. The number of hydrogen-bond acceptors (Lipinski definition) is 5. The minimum Gasteiger partial charge on any atom is -0.449 e. The van der Waals surface area contributed by atoms with Gasteiger partial charge < -0.3 is 19.0 Å². The molecule has 1 aromatic heterocycles. The van der Waals surface area contributed by atoms with Crippen LogP contribution in [0.25, 0.3) is 11.3 Å². The highest BCUT2D eigenvalue weighted by Crippen LogP contribution is 2.33. The monoisotopic (exact) mass is 397 g/mol. The van der Waals surface area contributed by atoms with Gasteiger partial charge in [0.05, 0.1) is 12.8 Å². The van der Waals surface area contributed by atoms with E-state index in [9.17, 15) is 9.59 Å². The Kier molecular flexibility index (Phi) is 5.83. The van der Waals surface area contributed by atoms with Gasteiger partial charge in [-0.1, -0.05) is 19.1 Å². The topological polar surface area (TPSA) is 75.9 Å². The van der Waals surface area contributed by atoms with E-state index in [1.807, 2.05) is 31.2 Å². The molecule has 1 aliphatic heterocycles. The molecular weight excluding hydrogens is 370 g/mol. The van der Waals surface area contributed by atoms with Gasteiger partial charge in [0.2, 0.25) is 0 Å². The van der Waals surface area contributed by atoms with Crippen LogP contribution >= 0.6 is 0 Å². The van der Waals surface area contributed by atoms with Gasteiger partial charge in [0.25, 0.3) is 5.91 Å². The maximum Gasteiger partial charge on any atom is 0.409 e. The number of piperidine rings is 1. The van der Waals surface area contributed by atoms with Crippen LogP contribution in [-0.2, 0) is 4.74 Å². The van der Waals surface area contributed by atoms with E-state index < -0.39 is 0 Å². The fourth-order valence-corrected chi connectivity index (χ4v) is 3.87. The van der Waals surface area contributed by atoms with E-state index >= 15 is 0 Å². The van der Waals surface area contributed by atoms with E-state index in [1.165, 1.54) is 6.39 Å². The van der Waals surface area contributed by atoms with E-state index in [1.54, 1.807) is 11.1 Å². The lowest BCUT2D eigenvalue weighted by Gasteiger charge is -2.38. The fraction of sp³-hybridized carbons (Fsp3) is 0.500.